The van der Waals surface area contributed by atoms with Crippen molar-refractivity contribution in [3.63, 3.8) is 0 Å². The Morgan fingerprint density at radius 3 is 2.35 bits per heavy atom. The number of nitrogens with one attached hydrogen (secondary N) is 1. The second-order valence-corrected chi connectivity index (χ2v) is 7.31. The van der Waals surface area contributed by atoms with Crippen LogP contribution in [-0.2, 0) is 6.54 Å². The van der Waals surface area contributed by atoms with E-state index in [2.05, 4.69) is 76.1 Å². The third kappa shape index (κ3) is 6.25. The van der Waals surface area contributed by atoms with Gasteiger partial charge < -0.3 is 10.1 Å². The van der Waals surface area contributed by atoms with Gasteiger partial charge in [0, 0.05) is 18.5 Å². The summed E-state index contributed by atoms with van der Waals surface area (Å²) in [6.45, 7) is 7.77. The largest absolute Gasteiger partial charge is 0.491 e. The summed E-state index contributed by atoms with van der Waals surface area (Å²) in [5.41, 5.74) is 1.27. The molecule has 0 spiro atoms. The van der Waals surface area contributed by atoms with E-state index in [0.29, 0.717) is 13.0 Å². The summed E-state index contributed by atoms with van der Waals surface area (Å²) in [5.74, 6) is 0.794. The fraction of sp³-hybridized carbons (Fsp3) is 0.533. The zero-order valence-corrected chi connectivity index (χ0v) is 15.3. The Morgan fingerprint density at radius 2 is 1.85 bits per heavy atom. The van der Waals surface area contributed by atoms with Crippen LogP contribution in [0.3, 0.4) is 0 Å². The Labute approximate surface area is 138 Å². The summed E-state index contributed by atoms with van der Waals surface area (Å²) in [5, 5.41) is 12.0. The molecule has 0 aliphatic heterocycles. The molecule has 0 saturated carbocycles. The minimum Gasteiger partial charge on any atom is -0.491 e. The van der Waals surface area contributed by atoms with Gasteiger partial charge in [-0.25, -0.2) is 0 Å². The maximum absolute atomic E-state index is 8.50. The fourth-order valence-electron chi connectivity index (χ4n) is 1.55. The Bertz CT molecular complexity index is 467. The summed E-state index contributed by atoms with van der Waals surface area (Å²) >= 11 is 7.08. The highest BCUT2D eigenvalue weighted by molar-refractivity contribution is 9.11. The van der Waals surface area contributed by atoms with Gasteiger partial charge in [0.05, 0.1) is 21.6 Å². The molecule has 0 atom stereocenters. The molecule has 0 aliphatic carbocycles. The molecule has 5 heteroatoms. The maximum Gasteiger partial charge on any atom is 0.147 e. The van der Waals surface area contributed by atoms with Crippen molar-refractivity contribution in [1.29, 1.82) is 5.26 Å². The predicted octanol–water partition coefficient (Wildman–Crippen LogP) is 4.78. The molecule has 20 heavy (non-hydrogen) atoms. The zero-order valence-electron chi connectivity index (χ0n) is 12.1. The van der Waals surface area contributed by atoms with E-state index in [1.807, 2.05) is 0 Å². The molecule has 0 bridgehead atoms. The van der Waals surface area contributed by atoms with Crippen LogP contribution in [-0.4, -0.2) is 12.1 Å². The van der Waals surface area contributed by atoms with E-state index in [0.717, 1.165) is 27.7 Å². The first-order valence-electron chi connectivity index (χ1n) is 6.56. The van der Waals surface area contributed by atoms with Crippen LogP contribution in [0.4, 0.5) is 0 Å². The third-order valence-corrected chi connectivity index (χ3v) is 3.74. The van der Waals surface area contributed by atoms with E-state index in [-0.39, 0.29) is 5.54 Å². The van der Waals surface area contributed by atoms with E-state index in [9.17, 15) is 0 Å². The van der Waals surface area contributed by atoms with Gasteiger partial charge in [-0.15, -0.1) is 0 Å². The summed E-state index contributed by atoms with van der Waals surface area (Å²) in [6.07, 6.45) is 1.26. The van der Waals surface area contributed by atoms with E-state index in [4.69, 9.17) is 10.00 Å². The minimum atomic E-state index is 0.0887. The summed E-state index contributed by atoms with van der Waals surface area (Å²) in [7, 11) is 0. The lowest BCUT2D eigenvalue weighted by molar-refractivity contribution is 0.308. The molecule has 1 N–H and O–H groups in total. The van der Waals surface area contributed by atoms with Crippen molar-refractivity contribution in [3.8, 4) is 11.8 Å². The third-order valence-electron chi connectivity index (χ3n) is 2.56. The van der Waals surface area contributed by atoms with Gasteiger partial charge in [0.1, 0.15) is 5.75 Å². The molecule has 0 amide bonds. The van der Waals surface area contributed by atoms with Crippen LogP contribution < -0.4 is 10.1 Å². The van der Waals surface area contributed by atoms with Crippen molar-refractivity contribution >= 4 is 31.9 Å². The van der Waals surface area contributed by atoms with Crippen LogP contribution in [0, 0.1) is 11.3 Å². The van der Waals surface area contributed by atoms with Crippen molar-refractivity contribution < 1.29 is 4.74 Å². The van der Waals surface area contributed by atoms with Gasteiger partial charge in [0.15, 0.2) is 0 Å². The highest BCUT2D eigenvalue weighted by Gasteiger charge is 2.12. The average Bonchev–Trinajstić information content (AvgIpc) is 2.34. The van der Waals surface area contributed by atoms with Gasteiger partial charge >= 0.3 is 0 Å². The molecule has 0 aliphatic rings. The zero-order chi connectivity index (χ0) is 15.2. The Balaban J connectivity index is 2.69. The molecule has 1 aromatic carbocycles. The highest BCUT2D eigenvalue weighted by Crippen LogP contribution is 2.35. The Kier molecular flexibility index (Phi) is 7.01. The van der Waals surface area contributed by atoms with Crippen LogP contribution in [0.15, 0.2) is 21.1 Å². The van der Waals surface area contributed by atoms with Crippen molar-refractivity contribution in [3.05, 3.63) is 26.6 Å². The lowest BCUT2D eigenvalue weighted by Crippen LogP contribution is -2.35. The van der Waals surface area contributed by atoms with E-state index < -0.39 is 0 Å². The van der Waals surface area contributed by atoms with Crippen molar-refractivity contribution in [2.45, 2.75) is 45.7 Å². The smallest absolute Gasteiger partial charge is 0.147 e. The van der Waals surface area contributed by atoms with Gasteiger partial charge in [0.2, 0.25) is 0 Å². The molecule has 0 radical (unpaired) electrons. The molecule has 0 aromatic heterocycles. The standard InChI is InChI=1S/C15H20Br2N2O/c1-15(2,3)19-10-11-8-12(16)14(13(17)9-11)20-7-5-4-6-18/h8-9,19H,4-5,7,10H2,1-3H3. The number of benzene rings is 1. The number of nitrogens with zero attached hydrogens (tertiary/aromatic N) is 1. The molecule has 0 heterocycles. The van der Waals surface area contributed by atoms with Gasteiger partial charge in [0.25, 0.3) is 0 Å². The van der Waals surface area contributed by atoms with Gasteiger partial charge in [-0.2, -0.15) is 5.26 Å². The second kappa shape index (κ2) is 8.02. The summed E-state index contributed by atoms with van der Waals surface area (Å²) in [6, 6.07) is 6.23. The number of unbranched alkanes of at least 4 members (excludes halogenated alkanes) is 1. The van der Waals surface area contributed by atoms with Crippen molar-refractivity contribution in [2.24, 2.45) is 0 Å². The minimum absolute atomic E-state index is 0.0887. The maximum atomic E-state index is 8.50. The molecule has 1 rings (SSSR count). The first kappa shape index (κ1) is 17.5. The number of hydrogen-bond acceptors (Lipinski definition) is 3. The molecule has 0 saturated heterocycles. The van der Waals surface area contributed by atoms with Gasteiger partial charge in [-0.05, 0) is 76.7 Å². The number of hydrogen-bond donors (Lipinski definition) is 1. The lowest BCUT2D eigenvalue weighted by atomic mass is 10.1. The fourth-order valence-corrected chi connectivity index (χ4v) is 3.06. The van der Waals surface area contributed by atoms with E-state index in [1.54, 1.807) is 0 Å². The molecule has 0 unspecified atom stereocenters. The number of ether oxygens (including phenoxy) is 1. The van der Waals surface area contributed by atoms with Crippen LogP contribution in [0.25, 0.3) is 0 Å². The van der Waals surface area contributed by atoms with Crippen molar-refractivity contribution in [1.82, 2.24) is 5.32 Å². The summed E-state index contributed by atoms with van der Waals surface area (Å²) in [4.78, 5) is 0. The van der Waals surface area contributed by atoms with Gasteiger partial charge in [-0.3, -0.25) is 0 Å². The number of rotatable bonds is 6. The second-order valence-electron chi connectivity index (χ2n) is 5.60. The summed E-state index contributed by atoms with van der Waals surface area (Å²) < 4.78 is 7.56. The average molecular weight is 404 g/mol. The molecule has 3 nitrogen and oxygen atoms in total. The highest BCUT2D eigenvalue weighted by atomic mass is 79.9. The Hall–Kier alpha value is -0.570. The number of halogens is 2. The molecular formula is C15H20Br2N2O. The number of nitriles is 1. The SMILES string of the molecule is CC(C)(C)NCc1cc(Br)c(OCCCC#N)c(Br)c1. The first-order chi connectivity index (χ1) is 9.33. The van der Waals surface area contributed by atoms with Crippen LogP contribution in [0.2, 0.25) is 0 Å². The van der Waals surface area contributed by atoms with Crippen LogP contribution in [0.1, 0.15) is 39.2 Å². The van der Waals surface area contributed by atoms with Gasteiger partial charge in [-0.1, -0.05) is 0 Å². The first-order valence-corrected chi connectivity index (χ1v) is 8.15. The Morgan fingerprint density at radius 1 is 1.25 bits per heavy atom. The molecule has 110 valence electrons. The molecule has 0 fully saturated rings. The van der Waals surface area contributed by atoms with Crippen molar-refractivity contribution in [2.75, 3.05) is 6.61 Å². The molecular weight excluding hydrogens is 384 g/mol. The van der Waals surface area contributed by atoms with E-state index in [1.165, 1.54) is 5.56 Å². The molecule has 1 aromatic rings. The monoisotopic (exact) mass is 402 g/mol. The van der Waals surface area contributed by atoms with Crippen LogP contribution >= 0.6 is 31.9 Å². The van der Waals surface area contributed by atoms with E-state index >= 15 is 0 Å². The van der Waals surface area contributed by atoms with Crippen LogP contribution in [0.5, 0.6) is 5.75 Å². The normalized spacial score (nSPS) is 11.2. The topological polar surface area (TPSA) is 45.0 Å². The quantitative estimate of drug-likeness (QED) is 0.695. The predicted molar refractivity (Wildman–Crippen MR) is 88.8 cm³/mol. The lowest BCUT2D eigenvalue weighted by Gasteiger charge is -2.21.